The van der Waals surface area contributed by atoms with Gasteiger partial charge in [0.2, 0.25) is 0 Å². The summed E-state index contributed by atoms with van der Waals surface area (Å²) < 4.78 is 52.5. The van der Waals surface area contributed by atoms with Gasteiger partial charge in [0.1, 0.15) is 5.82 Å². The fraction of sp³-hybridized carbons (Fsp3) is 0.222. The lowest BCUT2D eigenvalue weighted by Crippen LogP contribution is -2.22. The number of alkyl halides is 3. The molecule has 0 saturated heterocycles. The number of aromatic amines is 1. The second kappa shape index (κ2) is 6.87. The van der Waals surface area contributed by atoms with Crippen LogP contribution in [0.4, 0.5) is 17.6 Å². The van der Waals surface area contributed by atoms with Crippen molar-refractivity contribution in [3.05, 3.63) is 71.4 Å². The lowest BCUT2D eigenvalue weighted by Gasteiger charge is -2.24. The molecule has 1 aromatic carbocycles. The van der Waals surface area contributed by atoms with Gasteiger partial charge in [0, 0.05) is 17.3 Å². The first kappa shape index (κ1) is 18.1. The van der Waals surface area contributed by atoms with Crippen molar-refractivity contribution in [3.8, 4) is 11.3 Å². The highest BCUT2D eigenvalue weighted by Gasteiger charge is 2.32. The maximum absolute atomic E-state index is 14.2. The molecule has 3 rings (SSSR count). The normalized spacial score (nSPS) is 13.2. The minimum atomic E-state index is -4.45. The Morgan fingerprint density at radius 2 is 1.77 bits per heavy atom. The van der Waals surface area contributed by atoms with Gasteiger partial charge in [0.05, 0.1) is 29.2 Å². The van der Waals surface area contributed by atoms with Gasteiger partial charge in [-0.05, 0) is 38.4 Å². The maximum atomic E-state index is 14.2. The van der Waals surface area contributed by atoms with E-state index in [1.54, 1.807) is 37.2 Å². The van der Waals surface area contributed by atoms with Gasteiger partial charge in [0.25, 0.3) is 0 Å². The van der Waals surface area contributed by atoms with Crippen molar-refractivity contribution in [2.45, 2.75) is 12.2 Å². The lowest BCUT2D eigenvalue weighted by molar-refractivity contribution is -0.137. The zero-order chi connectivity index (χ0) is 18.9. The number of hydrogen-bond donors (Lipinski definition) is 1. The highest BCUT2D eigenvalue weighted by Crippen LogP contribution is 2.35. The molecule has 0 fully saturated rings. The highest BCUT2D eigenvalue weighted by atomic mass is 19.4. The van der Waals surface area contributed by atoms with Gasteiger partial charge in [0.15, 0.2) is 0 Å². The maximum Gasteiger partial charge on any atom is 0.417 e. The van der Waals surface area contributed by atoms with Crippen molar-refractivity contribution in [1.82, 2.24) is 20.1 Å². The number of nitrogens with zero attached hydrogens (tertiary/aromatic N) is 3. The smallest absolute Gasteiger partial charge is 0.297 e. The van der Waals surface area contributed by atoms with Crippen LogP contribution in [0.2, 0.25) is 0 Å². The third kappa shape index (κ3) is 3.45. The molecule has 0 saturated carbocycles. The Bertz CT molecular complexity index is 885. The van der Waals surface area contributed by atoms with Crippen molar-refractivity contribution in [2.24, 2.45) is 0 Å². The summed E-state index contributed by atoms with van der Waals surface area (Å²) in [4.78, 5) is 5.77. The van der Waals surface area contributed by atoms with Gasteiger partial charge < -0.3 is 0 Å². The van der Waals surface area contributed by atoms with Gasteiger partial charge in [-0.1, -0.05) is 12.1 Å². The van der Waals surface area contributed by atoms with Crippen LogP contribution in [0.25, 0.3) is 11.3 Å². The minimum absolute atomic E-state index is 0.332. The summed E-state index contributed by atoms with van der Waals surface area (Å²) in [5, 5.41) is 6.78. The van der Waals surface area contributed by atoms with E-state index in [0.29, 0.717) is 22.5 Å². The number of H-pyrrole nitrogens is 1. The molecular formula is C18H16F4N4. The predicted molar refractivity (Wildman–Crippen MR) is 88.8 cm³/mol. The summed E-state index contributed by atoms with van der Waals surface area (Å²) in [6, 6.07) is 8.04. The van der Waals surface area contributed by atoms with E-state index < -0.39 is 23.6 Å². The molecule has 0 amide bonds. The Balaban J connectivity index is 2.06. The molecule has 136 valence electrons. The first-order valence-corrected chi connectivity index (χ1v) is 7.76. The summed E-state index contributed by atoms with van der Waals surface area (Å²) in [7, 11) is 3.53. The molecule has 1 atom stereocenters. The van der Waals surface area contributed by atoms with E-state index >= 15 is 0 Å². The standard InChI is InChI=1S/C18H16F4N4/c1-26(2)17(15-8-7-11(9-23-15)18(20,21)22)13-10-24-25-16(13)12-5-3-4-6-14(12)19/h3-10,17H,1-2H3,(H,24,25). The quantitative estimate of drug-likeness (QED) is 0.703. The molecule has 3 aromatic rings. The van der Waals surface area contributed by atoms with Crippen molar-refractivity contribution in [2.75, 3.05) is 14.1 Å². The Labute approximate surface area is 147 Å². The van der Waals surface area contributed by atoms with Gasteiger partial charge >= 0.3 is 6.18 Å². The first-order valence-electron chi connectivity index (χ1n) is 7.76. The van der Waals surface area contributed by atoms with Crippen LogP contribution in [0.3, 0.4) is 0 Å². The van der Waals surface area contributed by atoms with E-state index in [9.17, 15) is 17.6 Å². The number of pyridine rings is 1. The predicted octanol–water partition coefficient (Wildman–Crippen LogP) is 4.28. The van der Waals surface area contributed by atoms with Crippen LogP contribution in [0.15, 0.2) is 48.8 Å². The number of aromatic nitrogens is 3. The monoisotopic (exact) mass is 364 g/mol. The average molecular weight is 364 g/mol. The van der Waals surface area contributed by atoms with Crippen LogP contribution in [0.5, 0.6) is 0 Å². The molecule has 0 aliphatic rings. The SMILES string of the molecule is CN(C)C(c1ccc(C(F)(F)F)cn1)c1cn[nH]c1-c1ccccc1F. The Hall–Kier alpha value is -2.74. The summed E-state index contributed by atoms with van der Waals surface area (Å²) in [5.41, 5.74) is 0.997. The molecule has 2 aromatic heterocycles. The molecule has 0 aliphatic carbocycles. The second-order valence-electron chi connectivity index (χ2n) is 6.02. The van der Waals surface area contributed by atoms with E-state index in [4.69, 9.17) is 0 Å². The number of halogens is 4. The van der Waals surface area contributed by atoms with E-state index in [1.807, 2.05) is 0 Å². The number of nitrogens with one attached hydrogen (secondary N) is 1. The zero-order valence-electron chi connectivity index (χ0n) is 14.0. The number of benzene rings is 1. The van der Waals surface area contributed by atoms with Gasteiger partial charge in [-0.3, -0.25) is 15.0 Å². The molecule has 0 aliphatic heterocycles. The lowest BCUT2D eigenvalue weighted by atomic mass is 9.98. The van der Waals surface area contributed by atoms with Crippen molar-refractivity contribution >= 4 is 0 Å². The molecule has 1 unspecified atom stereocenters. The summed E-state index contributed by atoms with van der Waals surface area (Å²) >= 11 is 0. The largest absolute Gasteiger partial charge is 0.417 e. The van der Waals surface area contributed by atoms with Crippen molar-refractivity contribution < 1.29 is 17.6 Å². The highest BCUT2D eigenvalue weighted by molar-refractivity contribution is 5.64. The number of hydrogen-bond acceptors (Lipinski definition) is 3. The molecule has 2 heterocycles. The Morgan fingerprint density at radius 1 is 1.04 bits per heavy atom. The fourth-order valence-electron chi connectivity index (χ4n) is 2.82. The van der Waals surface area contributed by atoms with Crippen LogP contribution < -0.4 is 0 Å². The molecule has 0 bridgehead atoms. The Kier molecular flexibility index (Phi) is 4.78. The van der Waals surface area contributed by atoms with Gasteiger partial charge in [-0.15, -0.1) is 0 Å². The summed E-state index contributed by atoms with van der Waals surface area (Å²) in [6.45, 7) is 0. The second-order valence-corrected chi connectivity index (χ2v) is 6.02. The Morgan fingerprint density at radius 3 is 2.35 bits per heavy atom. The van der Waals surface area contributed by atoms with E-state index in [1.165, 1.54) is 18.3 Å². The van der Waals surface area contributed by atoms with Crippen LogP contribution in [0, 0.1) is 5.82 Å². The van der Waals surface area contributed by atoms with E-state index in [-0.39, 0.29) is 0 Å². The molecule has 8 heteroatoms. The van der Waals surface area contributed by atoms with E-state index in [2.05, 4.69) is 15.2 Å². The third-order valence-corrected chi connectivity index (χ3v) is 4.02. The topological polar surface area (TPSA) is 44.8 Å². The van der Waals surface area contributed by atoms with Crippen LogP contribution >= 0.6 is 0 Å². The molecule has 0 spiro atoms. The van der Waals surface area contributed by atoms with E-state index in [0.717, 1.165) is 12.3 Å². The molecule has 26 heavy (non-hydrogen) atoms. The molecular weight excluding hydrogens is 348 g/mol. The summed E-state index contributed by atoms with van der Waals surface area (Å²) in [5.74, 6) is -0.420. The van der Waals surface area contributed by atoms with Gasteiger partial charge in [-0.2, -0.15) is 18.3 Å². The van der Waals surface area contributed by atoms with Gasteiger partial charge in [-0.25, -0.2) is 4.39 Å². The number of rotatable bonds is 4. The average Bonchev–Trinajstić information content (AvgIpc) is 3.04. The third-order valence-electron chi connectivity index (χ3n) is 4.02. The van der Waals surface area contributed by atoms with Crippen molar-refractivity contribution in [3.63, 3.8) is 0 Å². The molecule has 4 nitrogen and oxygen atoms in total. The molecule has 0 radical (unpaired) electrons. The van der Waals surface area contributed by atoms with Crippen molar-refractivity contribution in [1.29, 1.82) is 0 Å². The summed E-state index contributed by atoms with van der Waals surface area (Å²) in [6.07, 6.45) is -2.12. The molecule has 1 N–H and O–H groups in total. The van der Waals surface area contributed by atoms with Crippen LogP contribution in [-0.2, 0) is 6.18 Å². The van der Waals surface area contributed by atoms with Crippen LogP contribution in [-0.4, -0.2) is 34.2 Å². The fourth-order valence-corrected chi connectivity index (χ4v) is 2.82. The minimum Gasteiger partial charge on any atom is -0.297 e. The first-order chi connectivity index (χ1) is 12.3. The van der Waals surface area contributed by atoms with Crippen LogP contribution in [0.1, 0.15) is 22.9 Å². The zero-order valence-corrected chi connectivity index (χ0v) is 14.0.